The zero-order valence-electron chi connectivity index (χ0n) is 9.98. The van der Waals surface area contributed by atoms with Gasteiger partial charge in [-0.25, -0.2) is 0 Å². The minimum Gasteiger partial charge on any atom is -0.323 e. The van der Waals surface area contributed by atoms with Crippen molar-refractivity contribution in [2.45, 2.75) is 18.9 Å². The summed E-state index contributed by atoms with van der Waals surface area (Å²) in [5.74, 6) is 0.164. The van der Waals surface area contributed by atoms with Gasteiger partial charge in [0.15, 0.2) is 0 Å². The second-order valence-corrected chi connectivity index (χ2v) is 6.00. The summed E-state index contributed by atoms with van der Waals surface area (Å²) in [4.78, 5) is 4.37. The Labute approximate surface area is 124 Å². The van der Waals surface area contributed by atoms with Crippen LogP contribution in [0.15, 0.2) is 51.5 Å². The first-order valence-electron chi connectivity index (χ1n) is 5.71. The monoisotopic (exact) mass is 368 g/mol. The molecule has 18 heavy (non-hydrogen) atoms. The van der Waals surface area contributed by atoms with Crippen molar-refractivity contribution in [3.05, 3.63) is 62.8 Å². The van der Waals surface area contributed by atoms with E-state index >= 15 is 0 Å². The maximum atomic E-state index is 6.35. The fourth-order valence-electron chi connectivity index (χ4n) is 1.87. The van der Waals surface area contributed by atoms with Crippen molar-refractivity contribution in [3.8, 4) is 0 Å². The quantitative estimate of drug-likeness (QED) is 0.870. The first-order valence-corrected chi connectivity index (χ1v) is 7.29. The van der Waals surface area contributed by atoms with Crippen molar-refractivity contribution in [2.75, 3.05) is 0 Å². The maximum absolute atomic E-state index is 6.35. The van der Waals surface area contributed by atoms with Crippen LogP contribution in [0.3, 0.4) is 0 Å². The fourth-order valence-corrected chi connectivity index (χ4v) is 2.76. The molecule has 2 nitrogen and oxygen atoms in total. The maximum Gasteiger partial charge on any atom is 0.0450 e. The largest absolute Gasteiger partial charge is 0.323 e. The highest BCUT2D eigenvalue weighted by atomic mass is 79.9. The van der Waals surface area contributed by atoms with Crippen molar-refractivity contribution in [2.24, 2.45) is 5.73 Å². The summed E-state index contributed by atoms with van der Waals surface area (Å²) >= 11 is 7.03. The Kier molecular flexibility index (Phi) is 4.54. The van der Waals surface area contributed by atoms with Crippen LogP contribution >= 0.6 is 31.9 Å². The number of pyridine rings is 1. The Balaban J connectivity index is 2.31. The Morgan fingerprint density at radius 3 is 2.61 bits per heavy atom. The van der Waals surface area contributed by atoms with Gasteiger partial charge in [0.05, 0.1) is 0 Å². The standard InChI is InChI=1S/C14H14Br2N2/c1-9(13-4-2-3-7-18-13)14(17)11-8-10(15)5-6-12(11)16/h2-9,14H,17H2,1H3. The van der Waals surface area contributed by atoms with Gasteiger partial charge < -0.3 is 5.73 Å². The molecular weight excluding hydrogens is 356 g/mol. The van der Waals surface area contributed by atoms with E-state index in [1.54, 1.807) is 6.20 Å². The van der Waals surface area contributed by atoms with Crippen molar-refractivity contribution >= 4 is 31.9 Å². The molecule has 0 bridgehead atoms. The molecule has 1 aromatic carbocycles. The minimum absolute atomic E-state index is 0.0909. The smallest absolute Gasteiger partial charge is 0.0450 e. The van der Waals surface area contributed by atoms with E-state index in [1.807, 2.05) is 36.4 Å². The van der Waals surface area contributed by atoms with Crippen molar-refractivity contribution in [1.29, 1.82) is 0 Å². The molecule has 1 heterocycles. The lowest BCUT2D eigenvalue weighted by Gasteiger charge is -2.21. The van der Waals surface area contributed by atoms with Gasteiger partial charge in [-0.15, -0.1) is 0 Å². The lowest BCUT2D eigenvalue weighted by molar-refractivity contribution is 0.581. The van der Waals surface area contributed by atoms with E-state index in [9.17, 15) is 0 Å². The number of hydrogen-bond donors (Lipinski definition) is 1. The second-order valence-electron chi connectivity index (χ2n) is 4.23. The molecule has 0 amide bonds. The summed E-state index contributed by atoms with van der Waals surface area (Å²) in [6.45, 7) is 2.10. The number of halogens is 2. The first kappa shape index (κ1) is 13.7. The highest BCUT2D eigenvalue weighted by Crippen LogP contribution is 2.33. The average Bonchev–Trinajstić information content (AvgIpc) is 2.41. The number of nitrogens with zero attached hydrogens (tertiary/aromatic N) is 1. The summed E-state index contributed by atoms with van der Waals surface area (Å²) in [6, 6.07) is 11.9. The molecule has 0 radical (unpaired) electrons. The molecule has 0 aliphatic carbocycles. The van der Waals surface area contributed by atoms with Gasteiger partial charge in [-0.3, -0.25) is 4.98 Å². The fraction of sp³-hybridized carbons (Fsp3) is 0.214. The van der Waals surface area contributed by atoms with E-state index in [0.29, 0.717) is 0 Å². The molecule has 0 fully saturated rings. The van der Waals surface area contributed by atoms with E-state index in [0.717, 1.165) is 20.2 Å². The van der Waals surface area contributed by atoms with Crippen molar-refractivity contribution in [3.63, 3.8) is 0 Å². The molecule has 0 aliphatic heterocycles. The molecule has 94 valence electrons. The number of benzene rings is 1. The Bertz CT molecular complexity index is 529. The SMILES string of the molecule is CC(c1ccccn1)C(N)c1cc(Br)ccc1Br. The predicted molar refractivity (Wildman–Crippen MR) is 81.4 cm³/mol. The lowest BCUT2D eigenvalue weighted by Crippen LogP contribution is -2.19. The Hall–Kier alpha value is -0.710. The van der Waals surface area contributed by atoms with Gasteiger partial charge in [0.25, 0.3) is 0 Å². The average molecular weight is 370 g/mol. The van der Waals surface area contributed by atoms with E-state index in [1.165, 1.54) is 0 Å². The third kappa shape index (κ3) is 2.99. The van der Waals surface area contributed by atoms with Crippen LogP contribution in [-0.4, -0.2) is 4.98 Å². The number of nitrogens with two attached hydrogens (primary N) is 1. The molecule has 0 saturated heterocycles. The Morgan fingerprint density at radius 2 is 1.94 bits per heavy atom. The van der Waals surface area contributed by atoms with Gasteiger partial charge in [0.1, 0.15) is 0 Å². The molecule has 2 N–H and O–H groups in total. The van der Waals surface area contributed by atoms with Crippen LogP contribution in [0.5, 0.6) is 0 Å². The normalized spacial score (nSPS) is 14.2. The molecular formula is C14H14Br2N2. The summed E-state index contributed by atoms with van der Waals surface area (Å²) in [6.07, 6.45) is 1.80. The van der Waals surface area contributed by atoms with Crippen LogP contribution in [0.2, 0.25) is 0 Å². The van der Waals surface area contributed by atoms with Crippen LogP contribution in [0.1, 0.15) is 30.1 Å². The van der Waals surface area contributed by atoms with Gasteiger partial charge in [-0.2, -0.15) is 0 Å². The van der Waals surface area contributed by atoms with Crippen LogP contribution in [0.4, 0.5) is 0 Å². The third-order valence-electron chi connectivity index (χ3n) is 3.01. The van der Waals surface area contributed by atoms with Crippen LogP contribution in [-0.2, 0) is 0 Å². The zero-order chi connectivity index (χ0) is 13.1. The van der Waals surface area contributed by atoms with Gasteiger partial charge >= 0.3 is 0 Å². The molecule has 4 heteroatoms. The van der Waals surface area contributed by atoms with E-state index < -0.39 is 0 Å². The first-order chi connectivity index (χ1) is 8.59. The predicted octanol–water partition coefficient (Wildman–Crippen LogP) is 4.41. The van der Waals surface area contributed by atoms with Gasteiger partial charge in [-0.1, -0.05) is 44.8 Å². The summed E-state index contributed by atoms with van der Waals surface area (Å²) < 4.78 is 2.06. The zero-order valence-corrected chi connectivity index (χ0v) is 13.1. The topological polar surface area (TPSA) is 38.9 Å². The van der Waals surface area contributed by atoms with Crippen molar-refractivity contribution in [1.82, 2.24) is 4.98 Å². The lowest BCUT2D eigenvalue weighted by atomic mass is 9.92. The van der Waals surface area contributed by atoms with Gasteiger partial charge in [0, 0.05) is 32.8 Å². The van der Waals surface area contributed by atoms with Crippen LogP contribution in [0, 0.1) is 0 Å². The second kappa shape index (κ2) is 5.95. The van der Waals surface area contributed by atoms with E-state index in [-0.39, 0.29) is 12.0 Å². The number of aromatic nitrogens is 1. The molecule has 2 rings (SSSR count). The molecule has 0 spiro atoms. The summed E-state index contributed by atoms with van der Waals surface area (Å²) in [5.41, 5.74) is 8.45. The summed E-state index contributed by atoms with van der Waals surface area (Å²) in [5, 5.41) is 0. The molecule has 1 aromatic heterocycles. The van der Waals surface area contributed by atoms with Crippen LogP contribution < -0.4 is 5.73 Å². The molecule has 0 aliphatic rings. The molecule has 2 atom stereocenters. The molecule has 0 saturated carbocycles. The van der Waals surface area contributed by atoms with Gasteiger partial charge in [0.2, 0.25) is 0 Å². The summed E-state index contributed by atoms with van der Waals surface area (Å²) in [7, 11) is 0. The van der Waals surface area contributed by atoms with Crippen LogP contribution in [0.25, 0.3) is 0 Å². The number of rotatable bonds is 3. The highest BCUT2D eigenvalue weighted by molar-refractivity contribution is 9.11. The molecule has 2 unspecified atom stereocenters. The minimum atomic E-state index is -0.0909. The molecule has 2 aromatic rings. The number of hydrogen-bond acceptors (Lipinski definition) is 2. The van der Waals surface area contributed by atoms with E-state index in [4.69, 9.17) is 5.73 Å². The highest BCUT2D eigenvalue weighted by Gasteiger charge is 2.20. The third-order valence-corrected chi connectivity index (χ3v) is 4.23. The van der Waals surface area contributed by atoms with Crippen molar-refractivity contribution < 1.29 is 0 Å². The Morgan fingerprint density at radius 1 is 1.17 bits per heavy atom. The van der Waals surface area contributed by atoms with E-state index in [2.05, 4.69) is 43.8 Å². The van der Waals surface area contributed by atoms with Gasteiger partial charge in [-0.05, 0) is 35.9 Å².